The fourth-order valence-corrected chi connectivity index (χ4v) is 13.4. The van der Waals surface area contributed by atoms with Crippen molar-refractivity contribution in [1.29, 1.82) is 0 Å². The highest BCUT2D eigenvalue weighted by atomic mass is 16.5. The van der Waals surface area contributed by atoms with E-state index in [1.165, 1.54) is 29.2 Å². The molecule has 3 aliphatic rings. The predicted octanol–water partition coefficient (Wildman–Crippen LogP) is -5.27. The van der Waals surface area contributed by atoms with Gasteiger partial charge in [-0.15, -0.1) is 0 Å². The Balaban J connectivity index is 1.59. The number of hydrogen-bond donors (Lipinski definition) is 20. The molecule has 2 aromatic carbocycles. The molecule has 2 fully saturated rings. The van der Waals surface area contributed by atoms with Crippen molar-refractivity contribution < 1.29 is 126 Å². The molecule has 116 heavy (non-hydrogen) atoms. The summed E-state index contributed by atoms with van der Waals surface area (Å²) in [5.41, 5.74) is 19.0. The number of likely N-dealkylation sites (tertiary alicyclic amines) is 1. The highest BCUT2D eigenvalue weighted by Gasteiger charge is 2.47. The Morgan fingerprint density at radius 3 is 1.76 bits per heavy atom. The van der Waals surface area contributed by atoms with E-state index in [1.54, 1.807) is 0 Å². The third-order valence-electron chi connectivity index (χ3n) is 19.5. The number of para-hydroxylation sites is 1. The van der Waals surface area contributed by atoms with Gasteiger partial charge in [-0.2, -0.15) is 0 Å². The number of amides is 14. The number of rotatable bonds is 32. The van der Waals surface area contributed by atoms with E-state index in [2.05, 4.69) is 54.8 Å². The molecule has 1 aliphatic carbocycles. The van der Waals surface area contributed by atoms with Crippen LogP contribution >= 0.6 is 0 Å². The average Bonchev–Trinajstić information content (AvgIpc) is 1.59. The molecule has 2 aromatic rings. The van der Waals surface area contributed by atoms with Crippen LogP contribution in [0.2, 0.25) is 0 Å². The summed E-state index contributed by atoms with van der Waals surface area (Å²) < 4.78 is 5.70. The van der Waals surface area contributed by atoms with E-state index in [-0.39, 0.29) is 67.8 Å². The van der Waals surface area contributed by atoms with Crippen molar-refractivity contribution in [2.24, 2.45) is 23.3 Å². The molecule has 5 rings (SSSR count). The molecule has 2 heterocycles. The minimum absolute atomic E-state index is 0.0667. The van der Waals surface area contributed by atoms with E-state index in [0.717, 1.165) is 70.4 Å². The third kappa shape index (κ3) is 29.6. The number of anilines is 1. The first kappa shape index (κ1) is 94.4. The Kier molecular flexibility index (Phi) is 37.6. The smallest absolute Gasteiger partial charge is 0.329 e. The van der Waals surface area contributed by atoms with Crippen molar-refractivity contribution >= 4 is 124 Å². The number of fused-ring (bicyclic) bond motifs is 3. The zero-order valence-electron chi connectivity index (χ0n) is 64.5. The quantitative estimate of drug-likeness (QED) is 0.0141. The number of ether oxygens (including phenoxy) is 1. The van der Waals surface area contributed by atoms with E-state index in [9.17, 15) is 121 Å². The fraction of sp³-hybridized carbons (Fsp3) is 0.568. The van der Waals surface area contributed by atoms with E-state index in [0.29, 0.717) is 12.8 Å². The number of piperidine rings is 1. The lowest BCUT2D eigenvalue weighted by Crippen LogP contribution is -2.62. The number of hydrogen-bond acceptors (Lipinski definition) is 24. The van der Waals surface area contributed by atoms with Crippen LogP contribution in [0.25, 0.3) is 0 Å². The molecule has 23 N–H and O–H groups in total. The second-order valence-electron chi connectivity index (χ2n) is 28.6. The monoisotopic (exact) mass is 1630 g/mol. The summed E-state index contributed by atoms with van der Waals surface area (Å²) in [6, 6.07) is -9.56. The van der Waals surface area contributed by atoms with Gasteiger partial charge in [-0.3, -0.25) is 91.1 Å². The van der Waals surface area contributed by atoms with Crippen molar-refractivity contribution in [2.75, 3.05) is 38.5 Å². The number of Topliss-reactive ketones (excluding diaryl/α,β-unsaturated/α-hetero) is 1. The molecule has 0 aromatic heterocycles. The highest BCUT2D eigenvalue weighted by molar-refractivity contribution is 6.05. The highest BCUT2D eigenvalue weighted by Crippen LogP contribution is 2.45. The number of aliphatic hydroxyl groups excluding tert-OH is 1. The van der Waals surface area contributed by atoms with Gasteiger partial charge in [0.05, 0.1) is 51.8 Å². The summed E-state index contributed by atoms with van der Waals surface area (Å²) in [4.78, 5) is 276. The fourth-order valence-electron chi connectivity index (χ4n) is 13.4. The van der Waals surface area contributed by atoms with Crippen molar-refractivity contribution in [1.82, 2.24) is 68.7 Å². The van der Waals surface area contributed by atoms with Crippen LogP contribution in [0.15, 0.2) is 48.5 Å². The predicted molar refractivity (Wildman–Crippen MR) is 403 cm³/mol. The molecular weight excluding hydrogens is 1530 g/mol. The summed E-state index contributed by atoms with van der Waals surface area (Å²) in [5, 5.41) is 75.7. The molecule has 42 nitrogen and oxygen atoms in total. The lowest BCUT2D eigenvalue weighted by molar-refractivity contribution is -0.156. The molecule has 14 amide bonds. The third-order valence-corrected chi connectivity index (χ3v) is 19.5. The first-order chi connectivity index (χ1) is 54.9. The van der Waals surface area contributed by atoms with Crippen LogP contribution in [0.3, 0.4) is 0 Å². The molecule has 2 saturated heterocycles. The lowest BCUT2D eigenvalue weighted by Gasteiger charge is -2.41. The lowest BCUT2D eigenvalue weighted by atomic mass is 9.81. The zero-order valence-corrected chi connectivity index (χ0v) is 64.5. The molecule has 0 spiro atoms. The van der Waals surface area contributed by atoms with Crippen molar-refractivity contribution in [3.05, 3.63) is 65.2 Å². The number of nitrogens with zero attached hydrogens (tertiary/aromatic N) is 1. The summed E-state index contributed by atoms with van der Waals surface area (Å²) in [6.07, 6.45) is -2.62. The molecular formula is C74H104N16O26. The van der Waals surface area contributed by atoms with Crippen molar-refractivity contribution in [2.45, 2.75) is 222 Å². The second kappa shape index (κ2) is 46.2. The van der Waals surface area contributed by atoms with Crippen molar-refractivity contribution in [3.8, 4) is 0 Å². The summed E-state index contributed by atoms with van der Waals surface area (Å²) >= 11 is 0. The minimum Gasteiger partial charge on any atom is -0.481 e. The molecule has 2 aliphatic heterocycles. The Morgan fingerprint density at radius 1 is 0.586 bits per heavy atom. The molecule has 12 unspecified atom stereocenters. The number of nitrogens with one attached hydrogen (secondary N) is 12. The Bertz CT molecular complexity index is 3970. The normalized spacial score (nSPS) is 23.8. The Hall–Kier alpha value is -12.2. The van der Waals surface area contributed by atoms with Gasteiger partial charge in [0.2, 0.25) is 82.7 Å². The van der Waals surface area contributed by atoms with Crippen LogP contribution in [0.1, 0.15) is 164 Å². The number of unbranched alkanes of at least 4 members (excludes halogenated alkanes) is 6. The van der Waals surface area contributed by atoms with Gasteiger partial charge in [-0.1, -0.05) is 88.8 Å². The number of carbonyl (C=O) groups excluding carboxylic acids is 16. The number of cyclic esters (lactones) is 1. The number of carbonyl (C=O) groups is 20. The number of nitrogen functional groups attached to an aromatic ring is 1. The average molecular weight is 1630 g/mol. The molecule has 0 radical (unpaired) electrons. The Morgan fingerprint density at radius 2 is 1.15 bits per heavy atom. The number of ketones is 1. The van der Waals surface area contributed by atoms with Crippen molar-refractivity contribution in [3.63, 3.8) is 0 Å². The summed E-state index contributed by atoms with van der Waals surface area (Å²) in [6.45, 7) is 1.31. The number of primary amides is 1. The van der Waals surface area contributed by atoms with Gasteiger partial charge in [-0.25, -0.2) is 4.79 Å². The van der Waals surface area contributed by atoms with Crippen LogP contribution < -0.4 is 81.0 Å². The minimum atomic E-state index is -2.43. The maximum Gasteiger partial charge on any atom is 0.329 e. The van der Waals surface area contributed by atoms with Gasteiger partial charge in [0.15, 0.2) is 5.78 Å². The zero-order chi connectivity index (χ0) is 86.2. The van der Waals surface area contributed by atoms with Gasteiger partial charge in [0.1, 0.15) is 72.6 Å². The summed E-state index contributed by atoms with van der Waals surface area (Å²) in [7, 11) is 0. The van der Waals surface area contributed by atoms with Gasteiger partial charge < -0.3 is 116 Å². The Labute approximate surface area is 665 Å². The van der Waals surface area contributed by atoms with E-state index >= 15 is 0 Å². The maximum atomic E-state index is 14.9. The van der Waals surface area contributed by atoms with Crippen LogP contribution in [-0.4, -0.2) is 254 Å². The number of nitrogens with two attached hydrogens (primary N) is 3. The maximum absolute atomic E-state index is 14.9. The largest absolute Gasteiger partial charge is 0.481 e. The van der Waals surface area contributed by atoms with E-state index in [4.69, 9.17) is 21.9 Å². The molecule has 0 saturated carbocycles. The van der Waals surface area contributed by atoms with Gasteiger partial charge >= 0.3 is 29.8 Å². The number of aliphatic hydroxyl groups is 1. The van der Waals surface area contributed by atoms with E-state index in [1.807, 2.05) is 40.2 Å². The first-order valence-corrected chi connectivity index (χ1v) is 37.9. The molecule has 42 heteroatoms. The molecule has 636 valence electrons. The molecule has 15 atom stereocenters. The number of aliphatic carboxylic acids is 4. The van der Waals surface area contributed by atoms with Crippen LogP contribution in [0, 0.1) is 11.8 Å². The number of carboxylic acids is 4. The van der Waals surface area contributed by atoms with Crippen LogP contribution in [0.5, 0.6) is 0 Å². The topological polar surface area (TPSA) is 677 Å². The standard InChI is InChI=1S/C74H104N16O26/c1-5-6-7-8-9-10-11-22-57(96)90-34-40-25-39-17-12-13-18-41(39)43(40)26-52(90)71(112)86-46(28-54(77)93)68(109)85-49(31-61(103)104)69(110)89-63-38(4)116-74(115)50(27-53(92)42-19-14-15-20-44(42)76)87-73(114)62(36(2)24-58(97)98)88-70(111)51(35-91)82-56(95)32-78-65(106)47(29-59(99)100)83-64(105)37(3)80-67(108)48(30-60(101)102)84-66(107)45(21-16-23-75)81-55(94)33-79-72(63)113/h12-15,17-20,36-38,40,43,45-52,62-63,91H,5-11,16,21-35,75-76H2,1-4H3,(H2,77,93)(H,78,106)(H,79,113)(H,80,108)(H,81,94)(H,82,95)(H,83,105)(H,84,107)(H,85,109)(H,86,112)(H,87,114)(H,88,111)(H,89,110)(H,97,98)(H,99,100)(H,101,102)(H,103,104)/t36?,37?,38?,40?,43?,45?,46-,47?,48?,49-,50?,51?,52-,62?,63?/m0/s1. The van der Waals surface area contributed by atoms with E-state index < -0.39 is 249 Å². The van der Waals surface area contributed by atoms with Gasteiger partial charge in [-0.05, 0) is 93.5 Å². The van der Waals surface area contributed by atoms with Gasteiger partial charge in [0, 0.05) is 30.6 Å². The first-order valence-electron chi connectivity index (χ1n) is 37.9. The van der Waals surface area contributed by atoms with Crippen LogP contribution in [0.4, 0.5) is 5.69 Å². The van der Waals surface area contributed by atoms with Gasteiger partial charge in [0.25, 0.3) is 0 Å². The molecule has 0 bridgehead atoms. The van der Waals surface area contributed by atoms with Crippen LogP contribution in [-0.2, 0) is 102 Å². The SMILES string of the molecule is CCCCCCCCCC(=O)N1CC2Cc3ccccc3C2C[C@H]1C(=O)N[C@@H](CC(N)=O)C(=O)N[C@@H](CC(=O)O)C(=O)NC1C(=O)NCC(=O)NC(CCCN)C(=O)NC(CC(=O)O)C(=O)NC(C)C(=O)NC(CC(=O)O)C(=O)NCC(=O)NC(CO)C(=O)NC(C(C)CC(=O)O)C(=O)NC(CC(=O)c2ccccc2N)C(=O)OC1C. The number of esters is 1. The number of benzene rings is 2. The number of carboxylic acid groups (broad SMARTS) is 4. The summed E-state index contributed by atoms with van der Waals surface area (Å²) in [5.74, 6) is -29.5. The second-order valence-corrected chi connectivity index (χ2v) is 28.6.